The Morgan fingerprint density at radius 1 is 1.33 bits per heavy atom. The summed E-state index contributed by atoms with van der Waals surface area (Å²) in [6.07, 6.45) is 2.87. The second-order valence-electron chi connectivity index (χ2n) is 5.31. The second-order valence-corrected chi connectivity index (χ2v) is 7.73. The molecule has 7 heteroatoms. The molecule has 5 nitrogen and oxygen atoms in total. The molecule has 0 bridgehead atoms. The molecule has 1 fully saturated rings. The number of hydrogen-bond acceptors (Lipinski definition) is 4. The highest BCUT2D eigenvalue weighted by Gasteiger charge is 2.25. The monoisotopic (exact) mass is 330 g/mol. The summed E-state index contributed by atoms with van der Waals surface area (Å²) in [5, 5.41) is 3.52. The van der Waals surface area contributed by atoms with Crippen LogP contribution in [0.1, 0.15) is 23.2 Å². The number of benzene rings is 1. The lowest BCUT2D eigenvalue weighted by Gasteiger charge is -2.32. The fourth-order valence-electron chi connectivity index (χ4n) is 2.45. The molecule has 1 aromatic rings. The number of carbonyl (C=O) groups excluding carboxylic acids is 1. The van der Waals surface area contributed by atoms with Crippen LogP contribution in [0.25, 0.3) is 0 Å². The van der Waals surface area contributed by atoms with Crippen molar-refractivity contribution >= 4 is 27.3 Å². The van der Waals surface area contributed by atoms with Crippen molar-refractivity contribution in [3.05, 3.63) is 28.8 Å². The van der Waals surface area contributed by atoms with E-state index in [2.05, 4.69) is 5.32 Å². The lowest BCUT2D eigenvalue weighted by atomic mass is 10.0. The van der Waals surface area contributed by atoms with E-state index in [1.54, 1.807) is 11.9 Å². The number of amides is 1. The van der Waals surface area contributed by atoms with Gasteiger partial charge in [0.25, 0.3) is 5.91 Å². The van der Waals surface area contributed by atoms with Gasteiger partial charge >= 0.3 is 0 Å². The van der Waals surface area contributed by atoms with Gasteiger partial charge in [-0.05, 0) is 44.1 Å². The van der Waals surface area contributed by atoms with E-state index in [-0.39, 0.29) is 27.4 Å². The van der Waals surface area contributed by atoms with E-state index < -0.39 is 9.84 Å². The van der Waals surface area contributed by atoms with E-state index in [1.807, 2.05) is 0 Å². The third kappa shape index (κ3) is 3.75. The molecular formula is C14H19ClN2O3S. The van der Waals surface area contributed by atoms with Crippen LogP contribution in [-0.4, -0.2) is 51.7 Å². The minimum atomic E-state index is -3.37. The molecule has 1 aliphatic rings. The summed E-state index contributed by atoms with van der Waals surface area (Å²) in [6.45, 7) is 1.75. The summed E-state index contributed by atoms with van der Waals surface area (Å²) in [7, 11) is -1.63. The smallest absolute Gasteiger partial charge is 0.255 e. The summed E-state index contributed by atoms with van der Waals surface area (Å²) in [5.41, 5.74) is 0.237. The van der Waals surface area contributed by atoms with Crippen molar-refractivity contribution in [3.63, 3.8) is 0 Å². The van der Waals surface area contributed by atoms with Crippen molar-refractivity contribution in [1.29, 1.82) is 0 Å². The molecule has 0 saturated carbocycles. The predicted octanol–water partition coefficient (Wildman–Crippen LogP) is 1.57. The van der Waals surface area contributed by atoms with Crippen LogP contribution in [0.15, 0.2) is 23.1 Å². The summed E-state index contributed by atoms with van der Waals surface area (Å²) in [5.74, 6) is -0.239. The highest BCUT2D eigenvalue weighted by molar-refractivity contribution is 7.90. The Bertz CT molecular complexity index is 640. The molecule has 0 aromatic heterocycles. The second kappa shape index (κ2) is 6.34. The average Bonchev–Trinajstić information content (AvgIpc) is 2.46. The first kappa shape index (κ1) is 16.3. The van der Waals surface area contributed by atoms with Crippen molar-refractivity contribution < 1.29 is 13.2 Å². The van der Waals surface area contributed by atoms with E-state index in [1.165, 1.54) is 18.2 Å². The molecule has 0 aliphatic carbocycles. The molecule has 1 saturated heterocycles. The van der Waals surface area contributed by atoms with Gasteiger partial charge in [0.05, 0.1) is 15.5 Å². The first-order valence-electron chi connectivity index (χ1n) is 6.78. The maximum Gasteiger partial charge on any atom is 0.255 e. The summed E-state index contributed by atoms with van der Waals surface area (Å²) < 4.78 is 23.2. The zero-order valence-electron chi connectivity index (χ0n) is 12.1. The molecule has 1 amide bonds. The van der Waals surface area contributed by atoms with Crippen LogP contribution in [0.3, 0.4) is 0 Å². The Labute approximate surface area is 130 Å². The van der Waals surface area contributed by atoms with Crippen LogP contribution in [0.2, 0.25) is 5.02 Å². The lowest BCUT2D eigenvalue weighted by molar-refractivity contribution is 0.0703. The van der Waals surface area contributed by atoms with E-state index in [0.29, 0.717) is 0 Å². The zero-order chi connectivity index (χ0) is 15.6. The van der Waals surface area contributed by atoms with E-state index in [9.17, 15) is 13.2 Å². The number of halogens is 1. The van der Waals surface area contributed by atoms with Gasteiger partial charge in [0, 0.05) is 19.3 Å². The Hall–Kier alpha value is -1.11. The molecule has 1 heterocycles. The summed E-state index contributed by atoms with van der Waals surface area (Å²) >= 11 is 6.07. The van der Waals surface area contributed by atoms with Crippen LogP contribution < -0.4 is 5.32 Å². The molecule has 21 heavy (non-hydrogen) atoms. The molecule has 0 unspecified atom stereocenters. The average molecular weight is 331 g/mol. The van der Waals surface area contributed by atoms with Crippen LogP contribution in [0, 0.1) is 0 Å². The maximum atomic E-state index is 12.6. The van der Waals surface area contributed by atoms with Crippen molar-refractivity contribution in [3.8, 4) is 0 Å². The van der Waals surface area contributed by atoms with Gasteiger partial charge in [-0.15, -0.1) is 0 Å². The van der Waals surface area contributed by atoms with E-state index in [4.69, 9.17) is 11.6 Å². The van der Waals surface area contributed by atoms with Crippen LogP contribution in [-0.2, 0) is 9.84 Å². The summed E-state index contributed by atoms with van der Waals surface area (Å²) in [4.78, 5) is 14.3. The van der Waals surface area contributed by atoms with Crippen molar-refractivity contribution in [1.82, 2.24) is 10.2 Å². The molecule has 0 spiro atoms. The highest BCUT2D eigenvalue weighted by Crippen LogP contribution is 2.23. The van der Waals surface area contributed by atoms with Crippen LogP contribution in [0.5, 0.6) is 0 Å². The highest BCUT2D eigenvalue weighted by atomic mass is 35.5. The molecule has 0 atom stereocenters. The Kier molecular flexibility index (Phi) is 4.91. The molecule has 2 rings (SSSR count). The summed E-state index contributed by atoms with van der Waals surface area (Å²) in [6, 6.07) is 4.38. The standard InChI is InChI=1S/C14H19ClN2O3S/c1-17(10-5-7-16-8-6-10)14(18)12-9-11(21(2,19)20)3-4-13(12)15/h3-4,9-10,16H,5-8H2,1-2H3. The quantitative estimate of drug-likeness (QED) is 0.913. The molecule has 0 radical (unpaired) electrons. The maximum absolute atomic E-state index is 12.6. The zero-order valence-corrected chi connectivity index (χ0v) is 13.7. The molecule has 116 valence electrons. The molecule has 1 aliphatic heterocycles. The third-order valence-corrected chi connectivity index (χ3v) is 5.21. The van der Waals surface area contributed by atoms with Gasteiger partial charge in [0.2, 0.25) is 0 Å². The fourth-order valence-corrected chi connectivity index (χ4v) is 3.29. The number of sulfone groups is 1. The van der Waals surface area contributed by atoms with Crippen molar-refractivity contribution in [2.24, 2.45) is 0 Å². The largest absolute Gasteiger partial charge is 0.339 e. The topological polar surface area (TPSA) is 66.5 Å². The van der Waals surface area contributed by atoms with Gasteiger partial charge in [0.1, 0.15) is 0 Å². The van der Waals surface area contributed by atoms with Crippen molar-refractivity contribution in [2.75, 3.05) is 26.4 Å². The Morgan fingerprint density at radius 2 is 1.95 bits per heavy atom. The fraction of sp³-hybridized carbons (Fsp3) is 0.500. The normalized spacial score (nSPS) is 16.7. The Morgan fingerprint density at radius 3 is 2.52 bits per heavy atom. The van der Waals surface area contributed by atoms with Gasteiger partial charge < -0.3 is 10.2 Å². The molecular weight excluding hydrogens is 312 g/mol. The van der Waals surface area contributed by atoms with Crippen LogP contribution in [0.4, 0.5) is 0 Å². The SMILES string of the molecule is CN(C(=O)c1cc(S(C)(=O)=O)ccc1Cl)C1CCNCC1. The van der Waals surface area contributed by atoms with Gasteiger partial charge in [-0.2, -0.15) is 0 Å². The number of nitrogens with zero attached hydrogens (tertiary/aromatic N) is 1. The number of carbonyl (C=O) groups is 1. The molecule has 1 N–H and O–H groups in total. The number of nitrogens with one attached hydrogen (secondary N) is 1. The number of rotatable bonds is 3. The first-order chi connectivity index (χ1) is 9.80. The first-order valence-corrected chi connectivity index (χ1v) is 9.05. The predicted molar refractivity (Wildman–Crippen MR) is 82.5 cm³/mol. The third-order valence-electron chi connectivity index (χ3n) is 3.77. The van der Waals surface area contributed by atoms with Gasteiger partial charge in [-0.25, -0.2) is 8.42 Å². The number of hydrogen-bond donors (Lipinski definition) is 1. The van der Waals surface area contributed by atoms with Gasteiger partial charge in [-0.1, -0.05) is 11.6 Å². The number of piperidine rings is 1. The van der Waals surface area contributed by atoms with Gasteiger partial charge in [0.15, 0.2) is 9.84 Å². The minimum Gasteiger partial charge on any atom is -0.339 e. The van der Waals surface area contributed by atoms with Crippen molar-refractivity contribution in [2.45, 2.75) is 23.8 Å². The molecule has 1 aromatic carbocycles. The van der Waals surface area contributed by atoms with E-state index >= 15 is 0 Å². The minimum absolute atomic E-state index is 0.106. The Balaban J connectivity index is 2.29. The lowest BCUT2D eigenvalue weighted by Crippen LogP contribution is -2.44. The van der Waals surface area contributed by atoms with E-state index in [0.717, 1.165) is 32.2 Å². The van der Waals surface area contributed by atoms with Crippen LogP contribution >= 0.6 is 11.6 Å². The van der Waals surface area contributed by atoms with Gasteiger partial charge in [-0.3, -0.25) is 4.79 Å².